The smallest absolute Gasteiger partial charge is 0.336 e. The van der Waals surface area contributed by atoms with Gasteiger partial charge in [0.25, 0.3) is 0 Å². The Kier molecular flexibility index (Phi) is 13.1. The molecule has 1 amide bonds. The topological polar surface area (TPSA) is 85.8 Å². The maximum absolute atomic E-state index is 14.0. The van der Waals surface area contributed by atoms with Crippen molar-refractivity contribution < 1.29 is 19.1 Å². The average Bonchev–Trinajstić information content (AvgIpc) is 2.84. The van der Waals surface area contributed by atoms with Gasteiger partial charge in [-0.3, -0.25) is 9.69 Å². The monoisotopic (exact) mass is 572 g/mol. The summed E-state index contributed by atoms with van der Waals surface area (Å²) in [5.74, 6) is -0.722. The van der Waals surface area contributed by atoms with E-state index in [0.29, 0.717) is 54.0 Å². The highest BCUT2D eigenvalue weighted by Gasteiger charge is 2.22. The Hall–Kier alpha value is -2.65. The zero-order valence-corrected chi connectivity index (χ0v) is 22.9. The molecular weight excluding hydrogens is 542 g/mol. The van der Waals surface area contributed by atoms with Crippen LogP contribution in [0, 0.1) is 5.82 Å². The fourth-order valence-electron chi connectivity index (χ4n) is 4.19. The molecule has 1 fully saturated rings. The molecule has 1 aliphatic rings. The van der Waals surface area contributed by atoms with Crippen LogP contribution in [0.2, 0.25) is 0 Å². The van der Waals surface area contributed by atoms with E-state index in [1.807, 2.05) is 13.0 Å². The number of piperazine rings is 1. The van der Waals surface area contributed by atoms with E-state index in [-0.39, 0.29) is 54.5 Å². The number of unbranched alkanes of at least 4 members (excludes halogenated alkanes) is 1. The highest BCUT2D eigenvalue weighted by molar-refractivity contribution is 6.05. The standard InChI is InChI=1S/C26H29FN4O3.3ClH/c1-2-3-8-25(32)28-19-9-10-23-20(15-19)21(26(33)34)16-24(29-23)31-13-11-30(12-14-31)17-18-6-4-5-7-22(18)27;;;/h4-7,9-10,15-16H,2-3,8,11-14,17H2,1H3,(H,28,32)(H,33,34);3*1H. The van der Waals surface area contributed by atoms with E-state index in [1.54, 1.807) is 36.4 Å². The van der Waals surface area contributed by atoms with E-state index in [2.05, 4.69) is 15.1 Å². The van der Waals surface area contributed by atoms with Crippen LogP contribution in [0.1, 0.15) is 42.1 Å². The molecule has 4 rings (SSSR count). The molecule has 3 aromatic rings. The van der Waals surface area contributed by atoms with Gasteiger partial charge < -0.3 is 15.3 Å². The van der Waals surface area contributed by atoms with Gasteiger partial charge in [-0.2, -0.15) is 0 Å². The van der Waals surface area contributed by atoms with Gasteiger partial charge in [-0.05, 0) is 36.8 Å². The van der Waals surface area contributed by atoms with Crippen molar-refractivity contribution in [1.82, 2.24) is 9.88 Å². The van der Waals surface area contributed by atoms with Crippen molar-refractivity contribution in [2.75, 3.05) is 36.4 Å². The van der Waals surface area contributed by atoms with E-state index in [4.69, 9.17) is 4.98 Å². The molecule has 2 aromatic carbocycles. The number of pyridine rings is 1. The van der Waals surface area contributed by atoms with Gasteiger partial charge in [0.2, 0.25) is 5.91 Å². The molecule has 0 saturated carbocycles. The molecule has 0 bridgehead atoms. The number of rotatable bonds is 8. The summed E-state index contributed by atoms with van der Waals surface area (Å²) in [7, 11) is 0. The largest absolute Gasteiger partial charge is 0.478 e. The van der Waals surface area contributed by atoms with Crippen LogP contribution < -0.4 is 10.2 Å². The summed E-state index contributed by atoms with van der Waals surface area (Å²) in [5.41, 5.74) is 1.95. The third-order valence-electron chi connectivity index (χ3n) is 6.11. The van der Waals surface area contributed by atoms with Crippen molar-refractivity contribution in [2.45, 2.75) is 32.7 Å². The first-order chi connectivity index (χ1) is 16.4. The number of carbonyl (C=O) groups excluding carboxylic acids is 1. The molecular formula is C26H32Cl3FN4O3. The van der Waals surface area contributed by atoms with E-state index < -0.39 is 5.97 Å². The van der Waals surface area contributed by atoms with Crippen LogP contribution >= 0.6 is 37.2 Å². The summed E-state index contributed by atoms with van der Waals surface area (Å²) < 4.78 is 14.0. The highest BCUT2D eigenvalue weighted by Crippen LogP contribution is 2.27. The molecule has 1 saturated heterocycles. The Morgan fingerprint density at radius 3 is 2.38 bits per heavy atom. The second-order valence-corrected chi connectivity index (χ2v) is 8.57. The lowest BCUT2D eigenvalue weighted by atomic mass is 10.1. The maximum Gasteiger partial charge on any atom is 0.336 e. The number of anilines is 2. The lowest BCUT2D eigenvalue weighted by molar-refractivity contribution is -0.116. The minimum Gasteiger partial charge on any atom is -0.478 e. The fraction of sp³-hybridized carbons (Fsp3) is 0.346. The third-order valence-corrected chi connectivity index (χ3v) is 6.11. The molecule has 2 N–H and O–H groups in total. The first-order valence-electron chi connectivity index (χ1n) is 11.6. The van der Waals surface area contributed by atoms with Gasteiger partial charge in [-0.25, -0.2) is 14.2 Å². The first kappa shape index (κ1) is 32.4. The van der Waals surface area contributed by atoms with Crippen molar-refractivity contribution in [1.29, 1.82) is 0 Å². The van der Waals surface area contributed by atoms with E-state index >= 15 is 0 Å². The zero-order chi connectivity index (χ0) is 24.1. The maximum atomic E-state index is 14.0. The molecule has 0 spiro atoms. The van der Waals surface area contributed by atoms with Crippen LogP contribution in [0.3, 0.4) is 0 Å². The number of hydrogen-bond donors (Lipinski definition) is 2. The van der Waals surface area contributed by atoms with Gasteiger partial charge in [-0.15, -0.1) is 37.2 Å². The summed E-state index contributed by atoms with van der Waals surface area (Å²) in [5, 5.41) is 13.2. The number of nitrogens with one attached hydrogen (secondary N) is 1. The number of aromatic carboxylic acids is 1. The second-order valence-electron chi connectivity index (χ2n) is 8.57. The van der Waals surface area contributed by atoms with E-state index in [9.17, 15) is 19.1 Å². The van der Waals surface area contributed by atoms with Crippen molar-refractivity contribution in [3.05, 3.63) is 65.5 Å². The van der Waals surface area contributed by atoms with Crippen LogP contribution in [0.4, 0.5) is 15.9 Å². The number of benzene rings is 2. The Labute approximate surface area is 234 Å². The number of amides is 1. The van der Waals surface area contributed by atoms with Crippen LogP contribution in [-0.2, 0) is 11.3 Å². The lowest BCUT2D eigenvalue weighted by Crippen LogP contribution is -2.46. The number of carbonyl (C=O) groups is 2. The highest BCUT2D eigenvalue weighted by atomic mass is 35.5. The Morgan fingerprint density at radius 1 is 1.03 bits per heavy atom. The van der Waals surface area contributed by atoms with Crippen molar-refractivity contribution in [3.8, 4) is 0 Å². The van der Waals surface area contributed by atoms with Crippen LogP contribution in [0.5, 0.6) is 0 Å². The molecule has 0 aliphatic carbocycles. The molecule has 0 unspecified atom stereocenters. The molecule has 2 heterocycles. The number of halogens is 4. The summed E-state index contributed by atoms with van der Waals surface area (Å²) in [6.07, 6.45) is 2.16. The SMILES string of the molecule is CCCCC(=O)Nc1ccc2nc(N3CCN(Cc4ccccc4F)CC3)cc(C(=O)O)c2c1.Cl.Cl.Cl. The summed E-state index contributed by atoms with van der Waals surface area (Å²) in [6.45, 7) is 5.33. The van der Waals surface area contributed by atoms with Crippen molar-refractivity contribution in [3.63, 3.8) is 0 Å². The quantitative estimate of drug-likeness (QED) is 0.355. The van der Waals surface area contributed by atoms with Crippen LogP contribution in [-0.4, -0.2) is 53.0 Å². The summed E-state index contributed by atoms with van der Waals surface area (Å²) >= 11 is 0. The molecule has 1 aliphatic heterocycles. The van der Waals surface area contributed by atoms with Crippen molar-refractivity contribution in [2.24, 2.45) is 0 Å². The molecule has 37 heavy (non-hydrogen) atoms. The average molecular weight is 574 g/mol. The third kappa shape index (κ3) is 8.17. The Balaban J connectivity index is 0.00000228. The van der Waals surface area contributed by atoms with Crippen LogP contribution in [0.25, 0.3) is 10.9 Å². The van der Waals surface area contributed by atoms with Gasteiger partial charge in [-0.1, -0.05) is 31.5 Å². The molecule has 7 nitrogen and oxygen atoms in total. The van der Waals surface area contributed by atoms with E-state index in [1.165, 1.54) is 6.07 Å². The molecule has 202 valence electrons. The number of nitrogens with zero attached hydrogens (tertiary/aromatic N) is 3. The Morgan fingerprint density at radius 2 is 1.73 bits per heavy atom. The lowest BCUT2D eigenvalue weighted by Gasteiger charge is -2.35. The molecule has 0 radical (unpaired) electrons. The fourth-order valence-corrected chi connectivity index (χ4v) is 4.19. The Bertz CT molecular complexity index is 1210. The second kappa shape index (κ2) is 14.9. The zero-order valence-electron chi connectivity index (χ0n) is 20.5. The summed E-state index contributed by atoms with van der Waals surface area (Å²) in [6, 6.07) is 13.6. The minimum atomic E-state index is -1.04. The van der Waals surface area contributed by atoms with Gasteiger partial charge >= 0.3 is 5.97 Å². The number of carboxylic acid groups (broad SMARTS) is 1. The molecule has 11 heteroatoms. The number of hydrogen-bond acceptors (Lipinski definition) is 5. The predicted octanol–water partition coefficient (Wildman–Crippen LogP) is 5.79. The van der Waals surface area contributed by atoms with Gasteiger partial charge in [0.15, 0.2) is 0 Å². The van der Waals surface area contributed by atoms with Gasteiger partial charge in [0.1, 0.15) is 11.6 Å². The summed E-state index contributed by atoms with van der Waals surface area (Å²) in [4.78, 5) is 33.1. The molecule has 0 atom stereocenters. The van der Waals surface area contributed by atoms with Gasteiger partial charge in [0, 0.05) is 55.8 Å². The number of carboxylic acids is 1. The molecule has 1 aromatic heterocycles. The van der Waals surface area contributed by atoms with Crippen molar-refractivity contribution >= 4 is 71.5 Å². The number of fused-ring (bicyclic) bond motifs is 1. The number of aromatic nitrogens is 1. The van der Waals surface area contributed by atoms with E-state index in [0.717, 1.165) is 25.9 Å². The predicted molar refractivity (Wildman–Crippen MR) is 152 cm³/mol. The first-order valence-corrected chi connectivity index (χ1v) is 11.6. The van der Waals surface area contributed by atoms with Crippen LogP contribution in [0.15, 0.2) is 48.5 Å². The van der Waals surface area contributed by atoms with Gasteiger partial charge in [0.05, 0.1) is 11.1 Å². The minimum absolute atomic E-state index is 0. The normalized spacial score (nSPS) is 13.2.